The molecule has 2 N–H and O–H groups in total. The summed E-state index contributed by atoms with van der Waals surface area (Å²) in [5, 5.41) is -0.0143. The number of hydrogen-bond acceptors (Lipinski definition) is 2. The van der Waals surface area contributed by atoms with Crippen LogP contribution in [0.3, 0.4) is 0 Å². The molecular weight excluding hydrogens is 260 g/mol. The number of rotatable bonds is 3. The minimum atomic E-state index is -0.509. The fourth-order valence-electron chi connectivity index (χ4n) is 1.42. The van der Waals surface area contributed by atoms with Crippen LogP contribution in [-0.2, 0) is 6.61 Å². The summed E-state index contributed by atoms with van der Waals surface area (Å²) in [6.07, 6.45) is 0. The average Bonchev–Trinajstić information content (AvgIpc) is 2.32. The molecule has 0 aliphatic carbocycles. The van der Waals surface area contributed by atoms with E-state index in [0.29, 0.717) is 17.0 Å². The van der Waals surface area contributed by atoms with Gasteiger partial charge in [0.2, 0.25) is 0 Å². The number of halogens is 3. The fourth-order valence-corrected chi connectivity index (χ4v) is 1.60. The summed E-state index contributed by atoms with van der Waals surface area (Å²) in [4.78, 5) is 0. The Balaban J connectivity index is 2.09. The Morgan fingerprint density at radius 3 is 2.56 bits per heavy atom. The summed E-state index contributed by atoms with van der Waals surface area (Å²) in [6, 6.07) is 8.10. The van der Waals surface area contributed by atoms with E-state index in [0.717, 1.165) is 0 Å². The van der Waals surface area contributed by atoms with E-state index in [2.05, 4.69) is 0 Å². The molecule has 0 saturated carbocycles. The highest BCUT2D eigenvalue weighted by Crippen LogP contribution is 2.23. The Morgan fingerprint density at radius 1 is 1.11 bits per heavy atom. The van der Waals surface area contributed by atoms with Gasteiger partial charge in [0.1, 0.15) is 24.0 Å². The molecule has 0 atom stereocenters. The molecule has 0 aliphatic rings. The highest BCUT2D eigenvalue weighted by Gasteiger charge is 2.04. The lowest BCUT2D eigenvalue weighted by atomic mass is 10.2. The summed E-state index contributed by atoms with van der Waals surface area (Å²) in [6.45, 7) is 0.161. The Morgan fingerprint density at radius 2 is 1.89 bits per heavy atom. The molecule has 0 amide bonds. The Kier molecular flexibility index (Phi) is 3.67. The van der Waals surface area contributed by atoms with Gasteiger partial charge in [0.25, 0.3) is 0 Å². The van der Waals surface area contributed by atoms with Crippen molar-refractivity contribution >= 4 is 17.3 Å². The topological polar surface area (TPSA) is 35.2 Å². The molecule has 0 radical (unpaired) electrons. The highest BCUT2D eigenvalue weighted by molar-refractivity contribution is 6.30. The van der Waals surface area contributed by atoms with Gasteiger partial charge in [-0.25, -0.2) is 8.78 Å². The van der Waals surface area contributed by atoms with E-state index >= 15 is 0 Å². The molecule has 0 fully saturated rings. The summed E-state index contributed by atoms with van der Waals surface area (Å²) < 4.78 is 31.1. The van der Waals surface area contributed by atoms with Crippen molar-refractivity contribution < 1.29 is 13.5 Å². The minimum Gasteiger partial charge on any atom is -0.489 e. The first-order valence-corrected chi connectivity index (χ1v) is 5.56. The molecule has 0 saturated heterocycles. The molecule has 2 aromatic carbocycles. The fraction of sp³-hybridized carbons (Fsp3) is 0.0769. The van der Waals surface area contributed by atoms with Crippen LogP contribution in [0.15, 0.2) is 36.4 Å². The quantitative estimate of drug-likeness (QED) is 0.861. The van der Waals surface area contributed by atoms with E-state index in [-0.39, 0.29) is 11.6 Å². The minimum absolute atomic E-state index is 0.0143. The summed E-state index contributed by atoms with van der Waals surface area (Å²) in [5.74, 6) is -0.489. The lowest BCUT2D eigenvalue weighted by Gasteiger charge is -2.09. The van der Waals surface area contributed by atoms with Crippen molar-refractivity contribution in [2.24, 2.45) is 0 Å². The molecule has 0 bridgehead atoms. The summed E-state index contributed by atoms with van der Waals surface area (Å²) in [7, 11) is 0. The summed E-state index contributed by atoms with van der Waals surface area (Å²) in [5.41, 5.74) is 6.59. The number of benzene rings is 2. The second-order valence-corrected chi connectivity index (χ2v) is 4.11. The molecule has 2 aromatic rings. The number of ether oxygens (including phenoxy) is 1. The molecule has 0 aliphatic heterocycles. The highest BCUT2D eigenvalue weighted by atomic mass is 35.5. The molecule has 0 spiro atoms. The number of hydrogen-bond donors (Lipinski definition) is 1. The smallest absolute Gasteiger partial charge is 0.142 e. The van der Waals surface area contributed by atoms with E-state index < -0.39 is 11.6 Å². The first-order valence-electron chi connectivity index (χ1n) is 5.18. The second kappa shape index (κ2) is 5.23. The zero-order chi connectivity index (χ0) is 13.1. The predicted molar refractivity (Wildman–Crippen MR) is 66.6 cm³/mol. The van der Waals surface area contributed by atoms with E-state index in [1.54, 1.807) is 0 Å². The third-order valence-electron chi connectivity index (χ3n) is 2.39. The SMILES string of the molecule is Nc1cc(F)ccc1COc1ccc(F)c(Cl)c1. The van der Waals surface area contributed by atoms with Gasteiger partial charge in [-0.05, 0) is 24.3 Å². The third-order valence-corrected chi connectivity index (χ3v) is 2.68. The van der Waals surface area contributed by atoms with Crippen molar-refractivity contribution in [3.63, 3.8) is 0 Å². The summed E-state index contributed by atoms with van der Waals surface area (Å²) >= 11 is 5.62. The van der Waals surface area contributed by atoms with Gasteiger partial charge in [-0.15, -0.1) is 0 Å². The van der Waals surface area contributed by atoms with Gasteiger partial charge in [0.05, 0.1) is 5.02 Å². The van der Waals surface area contributed by atoms with E-state index in [1.807, 2.05) is 0 Å². The second-order valence-electron chi connectivity index (χ2n) is 3.71. The first-order chi connectivity index (χ1) is 8.56. The van der Waals surface area contributed by atoms with Crippen molar-refractivity contribution in [3.05, 3.63) is 58.6 Å². The number of anilines is 1. The van der Waals surface area contributed by atoms with Crippen LogP contribution in [0, 0.1) is 11.6 Å². The van der Waals surface area contributed by atoms with Crippen molar-refractivity contribution in [3.8, 4) is 5.75 Å². The first kappa shape index (κ1) is 12.6. The van der Waals surface area contributed by atoms with Crippen molar-refractivity contribution in [2.45, 2.75) is 6.61 Å². The molecule has 2 rings (SSSR count). The lowest BCUT2D eigenvalue weighted by Crippen LogP contribution is -2.00. The normalized spacial score (nSPS) is 10.4. The Labute approximate surface area is 108 Å². The zero-order valence-electron chi connectivity index (χ0n) is 9.29. The number of nitrogens with two attached hydrogens (primary N) is 1. The van der Waals surface area contributed by atoms with Crippen LogP contribution < -0.4 is 10.5 Å². The monoisotopic (exact) mass is 269 g/mol. The molecular formula is C13H10ClF2NO. The average molecular weight is 270 g/mol. The molecule has 18 heavy (non-hydrogen) atoms. The predicted octanol–water partition coefficient (Wildman–Crippen LogP) is 3.78. The molecule has 5 heteroatoms. The lowest BCUT2D eigenvalue weighted by molar-refractivity contribution is 0.306. The van der Waals surface area contributed by atoms with Crippen molar-refractivity contribution in [2.75, 3.05) is 5.73 Å². The molecule has 0 heterocycles. The maximum absolute atomic E-state index is 12.9. The van der Waals surface area contributed by atoms with Gasteiger partial charge in [-0.2, -0.15) is 0 Å². The van der Waals surface area contributed by atoms with Gasteiger partial charge >= 0.3 is 0 Å². The van der Waals surface area contributed by atoms with Gasteiger partial charge in [0, 0.05) is 17.3 Å². The van der Waals surface area contributed by atoms with E-state index in [9.17, 15) is 8.78 Å². The van der Waals surface area contributed by atoms with Crippen LogP contribution >= 0.6 is 11.6 Å². The number of nitrogen functional groups attached to an aromatic ring is 1. The molecule has 0 aromatic heterocycles. The van der Waals surface area contributed by atoms with Gasteiger partial charge in [0.15, 0.2) is 0 Å². The van der Waals surface area contributed by atoms with Crippen LogP contribution in [0.2, 0.25) is 5.02 Å². The van der Waals surface area contributed by atoms with Crippen molar-refractivity contribution in [1.29, 1.82) is 0 Å². The van der Waals surface area contributed by atoms with Crippen LogP contribution in [0.25, 0.3) is 0 Å². The van der Waals surface area contributed by atoms with Crippen molar-refractivity contribution in [1.82, 2.24) is 0 Å². The largest absolute Gasteiger partial charge is 0.489 e. The van der Waals surface area contributed by atoms with Crippen LogP contribution in [-0.4, -0.2) is 0 Å². The van der Waals surface area contributed by atoms with Crippen LogP contribution in [0.5, 0.6) is 5.75 Å². The Bertz CT molecular complexity index is 575. The van der Waals surface area contributed by atoms with Crippen LogP contribution in [0.4, 0.5) is 14.5 Å². The van der Waals surface area contributed by atoms with E-state index in [4.69, 9.17) is 22.1 Å². The maximum atomic E-state index is 12.9. The molecule has 2 nitrogen and oxygen atoms in total. The van der Waals surface area contributed by atoms with Crippen LogP contribution in [0.1, 0.15) is 5.56 Å². The van der Waals surface area contributed by atoms with Gasteiger partial charge in [-0.1, -0.05) is 17.7 Å². The van der Waals surface area contributed by atoms with Gasteiger partial charge in [-0.3, -0.25) is 0 Å². The zero-order valence-corrected chi connectivity index (χ0v) is 10.0. The van der Waals surface area contributed by atoms with Gasteiger partial charge < -0.3 is 10.5 Å². The molecule has 0 unspecified atom stereocenters. The maximum Gasteiger partial charge on any atom is 0.142 e. The molecule has 94 valence electrons. The standard InChI is InChI=1S/C13H10ClF2NO/c14-11-6-10(3-4-12(11)16)18-7-8-1-2-9(15)5-13(8)17/h1-6H,7,17H2. The third kappa shape index (κ3) is 2.90. The van der Waals surface area contributed by atoms with E-state index in [1.165, 1.54) is 36.4 Å². The Hall–Kier alpha value is -1.81.